The normalized spacial score (nSPS) is 17.9. The molecule has 0 amide bonds. The lowest BCUT2D eigenvalue weighted by atomic mass is 10.1. The highest BCUT2D eigenvalue weighted by molar-refractivity contribution is 5.69. The van der Waals surface area contributed by atoms with Gasteiger partial charge in [-0.25, -0.2) is 0 Å². The summed E-state index contributed by atoms with van der Waals surface area (Å²) in [5, 5.41) is 0. The molecule has 0 N–H and O–H groups in total. The van der Waals surface area contributed by atoms with Crippen molar-refractivity contribution in [2.24, 2.45) is 0 Å². The van der Waals surface area contributed by atoms with Gasteiger partial charge < -0.3 is 28.6 Å². The SMILES string of the molecule is CC/C=C\C/C=C\C/C=C\CCCCCCCCCOC1[C@@H](COC(=O)CCN(C)C)O[C@@H](OCCCCCCCCC/C=C\C/C=C\C/C=C\CC)[C@H]1OCCCCCCCC/C=C\C/C=C\C/C=C\CC. The van der Waals surface area contributed by atoms with Crippen molar-refractivity contribution in [2.45, 2.75) is 257 Å². The van der Waals surface area contributed by atoms with Gasteiger partial charge in [-0.05, 0) is 130 Å². The van der Waals surface area contributed by atoms with Gasteiger partial charge >= 0.3 is 5.97 Å². The molecular formula is C66H113NO6. The van der Waals surface area contributed by atoms with Crippen LogP contribution < -0.4 is 0 Å². The van der Waals surface area contributed by atoms with Gasteiger partial charge in [0.25, 0.3) is 0 Å². The standard InChI is InChI=1S/C66H113NO6/c1-6-9-12-15-18-21-24-27-30-33-36-38-41-44-47-50-53-58-69-64-62(61-72-63(68)56-57-67(4)5)73-66(71-60-55-52-49-46-43-40-37-34-31-28-25-22-19-16-13-10-7-2)65(64)70-59-54-51-48-45-42-39-35-32-29-26-23-20-17-14-11-8-3/h9-14,18-23,27-32,62,64-66H,6-8,15-17,24-26,33-61H2,1-5H3/b12-9-,13-10-,14-11-,21-18-,22-19-,23-20-,30-27-,31-28-,32-29-/t62-,64?,65+,66-/m1/s1. The van der Waals surface area contributed by atoms with Gasteiger partial charge in [-0.1, -0.05) is 220 Å². The minimum absolute atomic E-state index is 0.144. The lowest BCUT2D eigenvalue weighted by Crippen LogP contribution is -2.40. The monoisotopic (exact) mass is 1020 g/mol. The molecule has 1 rings (SSSR count). The third-order valence-corrected chi connectivity index (χ3v) is 13.0. The number of nitrogens with zero attached hydrogens (tertiary/aromatic N) is 1. The maximum Gasteiger partial charge on any atom is 0.307 e. The number of hydrogen-bond donors (Lipinski definition) is 0. The highest BCUT2D eigenvalue weighted by Crippen LogP contribution is 2.29. The Balaban J connectivity index is 2.65. The van der Waals surface area contributed by atoms with E-state index < -0.39 is 12.4 Å². The number of unbranched alkanes of at least 4 members (excludes halogenated alkanes) is 20. The van der Waals surface area contributed by atoms with E-state index in [0.717, 1.165) is 103 Å². The van der Waals surface area contributed by atoms with E-state index in [2.05, 4.69) is 130 Å². The molecular weight excluding hydrogens is 903 g/mol. The average Bonchev–Trinajstić information content (AvgIpc) is 3.72. The summed E-state index contributed by atoms with van der Waals surface area (Å²) < 4.78 is 32.2. The van der Waals surface area contributed by atoms with Crippen LogP contribution in [0, 0.1) is 0 Å². The molecule has 0 aliphatic carbocycles. The minimum Gasteiger partial charge on any atom is -0.463 e. The number of carbonyl (C=O) groups excluding carboxylic acids is 1. The first-order chi connectivity index (χ1) is 36.0. The maximum atomic E-state index is 12.8. The molecule has 418 valence electrons. The van der Waals surface area contributed by atoms with Crippen LogP contribution in [0.25, 0.3) is 0 Å². The fourth-order valence-electron chi connectivity index (χ4n) is 8.59. The van der Waals surface area contributed by atoms with Gasteiger partial charge in [-0.3, -0.25) is 4.79 Å². The average molecular weight is 1020 g/mol. The van der Waals surface area contributed by atoms with Gasteiger partial charge in [0, 0.05) is 26.4 Å². The van der Waals surface area contributed by atoms with E-state index in [4.69, 9.17) is 23.7 Å². The third-order valence-electron chi connectivity index (χ3n) is 13.0. The van der Waals surface area contributed by atoms with Gasteiger partial charge in [0.1, 0.15) is 24.9 Å². The van der Waals surface area contributed by atoms with E-state index in [9.17, 15) is 4.79 Å². The summed E-state index contributed by atoms with van der Waals surface area (Å²) in [6.07, 6.45) is 76.6. The summed E-state index contributed by atoms with van der Waals surface area (Å²) in [7, 11) is 3.94. The Labute approximate surface area is 451 Å². The Morgan fingerprint density at radius 1 is 0.397 bits per heavy atom. The van der Waals surface area contributed by atoms with Gasteiger partial charge in [0.15, 0.2) is 6.29 Å². The smallest absolute Gasteiger partial charge is 0.307 e. The van der Waals surface area contributed by atoms with E-state index in [1.165, 1.54) is 103 Å². The second-order valence-electron chi connectivity index (χ2n) is 20.1. The predicted molar refractivity (Wildman–Crippen MR) is 315 cm³/mol. The molecule has 0 saturated carbocycles. The van der Waals surface area contributed by atoms with Crippen LogP contribution in [0.4, 0.5) is 0 Å². The maximum absolute atomic E-state index is 12.8. The quantitative estimate of drug-likeness (QED) is 0.0342. The summed E-state index contributed by atoms with van der Waals surface area (Å²) in [5.74, 6) is -0.216. The molecule has 0 bridgehead atoms. The van der Waals surface area contributed by atoms with Crippen LogP contribution in [0.15, 0.2) is 109 Å². The Morgan fingerprint density at radius 3 is 1.08 bits per heavy atom. The number of esters is 1. The van der Waals surface area contributed by atoms with Gasteiger partial charge in [0.2, 0.25) is 0 Å². The Hall–Kier alpha value is -3.07. The van der Waals surface area contributed by atoms with Gasteiger partial charge in [-0.15, -0.1) is 0 Å². The minimum atomic E-state index is -0.544. The predicted octanol–water partition coefficient (Wildman–Crippen LogP) is 18.5. The van der Waals surface area contributed by atoms with Crippen molar-refractivity contribution < 1.29 is 28.5 Å². The molecule has 7 nitrogen and oxygen atoms in total. The van der Waals surface area contributed by atoms with Crippen LogP contribution in [0.2, 0.25) is 0 Å². The van der Waals surface area contributed by atoms with E-state index in [0.29, 0.717) is 32.8 Å². The topological polar surface area (TPSA) is 66.5 Å². The van der Waals surface area contributed by atoms with Crippen LogP contribution in [0.1, 0.15) is 233 Å². The summed E-state index contributed by atoms with van der Waals surface area (Å²) in [6.45, 7) is 9.20. The molecule has 0 spiro atoms. The molecule has 0 aromatic carbocycles. The molecule has 1 saturated heterocycles. The van der Waals surface area contributed by atoms with Gasteiger partial charge in [-0.2, -0.15) is 0 Å². The molecule has 4 atom stereocenters. The summed E-state index contributed by atoms with van der Waals surface area (Å²) in [5.41, 5.74) is 0. The van der Waals surface area contributed by atoms with E-state index in [-0.39, 0.29) is 24.8 Å². The van der Waals surface area contributed by atoms with E-state index >= 15 is 0 Å². The van der Waals surface area contributed by atoms with Crippen molar-refractivity contribution in [3.63, 3.8) is 0 Å². The van der Waals surface area contributed by atoms with Crippen molar-refractivity contribution in [1.82, 2.24) is 4.90 Å². The molecule has 1 fully saturated rings. The van der Waals surface area contributed by atoms with E-state index in [1.54, 1.807) is 0 Å². The van der Waals surface area contributed by atoms with Crippen molar-refractivity contribution in [1.29, 1.82) is 0 Å². The van der Waals surface area contributed by atoms with Crippen LogP contribution >= 0.6 is 0 Å². The molecule has 0 aromatic heterocycles. The molecule has 0 aromatic rings. The molecule has 1 heterocycles. The zero-order valence-corrected chi connectivity index (χ0v) is 48.0. The van der Waals surface area contributed by atoms with Crippen LogP contribution in [0.5, 0.6) is 0 Å². The molecule has 1 aliphatic heterocycles. The van der Waals surface area contributed by atoms with Crippen LogP contribution in [0.3, 0.4) is 0 Å². The van der Waals surface area contributed by atoms with Crippen molar-refractivity contribution in [3.8, 4) is 0 Å². The molecule has 7 heteroatoms. The Bertz CT molecular complexity index is 1470. The number of allylic oxidation sites excluding steroid dienone is 18. The Morgan fingerprint density at radius 2 is 0.712 bits per heavy atom. The first-order valence-corrected chi connectivity index (χ1v) is 30.2. The fourth-order valence-corrected chi connectivity index (χ4v) is 8.59. The Kier molecular flexibility index (Phi) is 51.3. The van der Waals surface area contributed by atoms with Crippen molar-refractivity contribution in [2.75, 3.05) is 47.1 Å². The third kappa shape index (κ3) is 46.0. The zero-order chi connectivity index (χ0) is 52.6. The largest absolute Gasteiger partial charge is 0.463 e. The highest BCUT2D eigenvalue weighted by Gasteiger charge is 2.47. The second kappa shape index (κ2) is 55.2. The summed E-state index contributed by atoms with van der Waals surface area (Å²) in [6, 6.07) is 0. The summed E-state index contributed by atoms with van der Waals surface area (Å²) in [4.78, 5) is 14.8. The first kappa shape index (κ1) is 67.9. The zero-order valence-electron chi connectivity index (χ0n) is 48.0. The molecule has 73 heavy (non-hydrogen) atoms. The number of carbonyl (C=O) groups is 1. The number of hydrogen-bond acceptors (Lipinski definition) is 7. The number of rotatable bonds is 52. The van der Waals surface area contributed by atoms with E-state index in [1.807, 2.05) is 19.0 Å². The second-order valence-corrected chi connectivity index (χ2v) is 20.1. The van der Waals surface area contributed by atoms with Gasteiger partial charge in [0.05, 0.1) is 6.42 Å². The van der Waals surface area contributed by atoms with Crippen LogP contribution in [-0.4, -0.2) is 82.5 Å². The van der Waals surface area contributed by atoms with Crippen LogP contribution in [-0.2, 0) is 28.5 Å². The first-order valence-electron chi connectivity index (χ1n) is 30.2. The lowest BCUT2D eigenvalue weighted by molar-refractivity contribution is -0.184. The lowest BCUT2D eigenvalue weighted by Gasteiger charge is -2.25. The van der Waals surface area contributed by atoms with Crippen molar-refractivity contribution in [3.05, 3.63) is 109 Å². The molecule has 1 aliphatic rings. The number of ether oxygens (including phenoxy) is 5. The summed E-state index contributed by atoms with van der Waals surface area (Å²) >= 11 is 0. The fraction of sp³-hybridized carbons (Fsp3) is 0.712. The highest BCUT2D eigenvalue weighted by atomic mass is 16.7. The molecule has 1 unspecified atom stereocenters. The van der Waals surface area contributed by atoms with Crippen molar-refractivity contribution >= 4 is 5.97 Å². The molecule has 0 radical (unpaired) electrons.